The SMILES string of the molecule is CCN(CC)c1ccccc1-c1cc(N)n[nH]1. The van der Waals surface area contributed by atoms with Crippen molar-refractivity contribution in [3.05, 3.63) is 30.3 Å². The highest BCUT2D eigenvalue weighted by molar-refractivity contribution is 5.77. The Hall–Kier alpha value is -1.97. The van der Waals surface area contributed by atoms with Gasteiger partial charge in [0, 0.05) is 30.4 Å². The Morgan fingerprint density at radius 1 is 1.24 bits per heavy atom. The first kappa shape index (κ1) is 11.5. The molecule has 1 aromatic carbocycles. The summed E-state index contributed by atoms with van der Waals surface area (Å²) in [4.78, 5) is 2.31. The summed E-state index contributed by atoms with van der Waals surface area (Å²) in [6.07, 6.45) is 0. The summed E-state index contributed by atoms with van der Waals surface area (Å²) in [5.41, 5.74) is 8.96. The molecule has 0 saturated heterocycles. The van der Waals surface area contributed by atoms with Gasteiger partial charge in [0.25, 0.3) is 0 Å². The Morgan fingerprint density at radius 2 is 1.94 bits per heavy atom. The number of H-pyrrole nitrogens is 1. The van der Waals surface area contributed by atoms with E-state index in [1.54, 1.807) is 0 Å². The van der Waals surface area contributed by atoms with Crippen LogP contribution in [0.3, 0.4) is 0 Å². The molecule has 4 heteroatoms. The van der Waals surface area contributed by atoms with Gasteiger partial charge in [-0.15, -0.1) is 0 Å². The number of anilines is 2. The molecule has 17 heavy (non-hydrogen) atoms. The quantitative estimate of drug-likeness (QED) is 0.848. The van der Waals surface area contributed by atoms with E-state index < -0.39 is 0 Å². The van der Waals surface area contributed by atoms with Gasteiger partial charge in [0.1, 0.15) is 5.82 Å². The smallest absolute Gasteiger partial charge is 0.145 e. The first-order valence-corrected chi connectivity index (χ1v) is 5.91. The molecule has 2 aromatic rings. The highest BCUT2D eigenvalue weighted by Gasteiger charge is 2.10. The van der Waals surface area contributed by atoms with E-state index >= 15 is 0 Å². The topological polar surface area (TPSA) is 57.9 Å². The maximum atomic E-state index is 5.65. The number of hydrogen-bond donors (Lipinski definition) is 2. The molecule has 0 unspecified atom stereocenters. The van der Waals surface area contributed by atoms with Gasteiger partial charge in [-0.3, -0.25) is 5.10 Å². The van der Waals surface area contributed by atoms with E-state index in [2.05, 4.69) is 47.1 Å². The molecular formula is C13H18N4. The van der Waals surface area contributed by atoms with Crippen molar-refractivity contribution in [2.75, 3.05) is 23.7 Å². The molecule has 0 aliphatic heterocycles. The minimum Gasteiger partial charge on any atom is -0.382 e. The molecule has 1 heterocycles. The molecule has 0 aliphatic carbocycles. The van der Waals surface area contributed by atoms with Crippen LogP contribution in [0, 0.1) is 0 Å². The Balaban J connectivity index is 2.47. The van der Waals surface area contributed by atoms with Crippen LogP contribution in [0.2, 0.25) is 0 Å². The minimum atomic E-state index is 0.523. The molecule has 0 atom stereocenters. The molecule has 0 fully saturated rings. The van der Waals surface area contributed by atoms with E-state index in [0.29, 0.717) is 5.82 Å². The number of aromatic nitrogens is 2. The predicted octanol–water partition coefficient (Wildman–Crippen LogP) is 2.51. The Labute approximate surface area is 101 Å². The molecule has 90 valence electrons. The second-order valence-electron chi connectivity index (χ2n) is 3.90. The lowest BCUT2D eigenvalue weighted by Gasteiger charge is -2.23. The monoisotopic (exact) mass is 230 g/mol. The second-order valence-corrected chi connectivity index (χ2v) is 3.90. The van der Waals surface area contributed by atoms with Crippen LogP contribution in [-0.4, -0.2) is 23.3 Å². The van der Waals surface area contributed by atoms with Crippen molar-refractivity contribution in [2.45, 2.75) is 13.8 Å². The zero-order valence-corrected chi connectivity index (χ0v) is 10.3. The van der Waals surface area contributed by atoms with Crippen molar-refractivity contribution in [3.63, 3.8) is 0 Å². The van der Waals surface area contributed by atoms with Crippen LogP contribution in [0.15, 0.2) is 30.3 Å². The average Bonchev–Trinajstić information content (AvgIpc) is 2.78. The first-order valence-electron chi connectivity index (χ1n) is 5.91. The third kappa shape index (κ3) is 2.25. The van der Waals surface area contributed by atoms with Gasteiger partial charge in [-0.05, 0) is 19.9 Å². The lowest BCUT2D eigenvalue weighted by molar-refractivity contribution is 0.867. The number of nitrogens with zero attached hydrogens (tertiary/aromatic N) is 2. The summed E-state index contributed by atoms with van der Waals surface area (Å²) in [7, 11) is 0. The van der Waals surface area contributed by atoms with E-state index in [1.165, 1.54) is 5.69 Å². The number of benzene rings is 1. The van der Waals surface area contributed by atoms with E-state index in [-0.39, 0.29) is 0 Å². The molecule has 0 aliphatic rings. The Morgan fingerprint density at radius 3 is 2.53 bits per heavy atom. The zero-order chi connectivity index (χ0) is 12.3. The van der Waals surface area contributed by atoms with Crippen LogP contribution in [0.5, 0.6) is 0 Å². The van der Waals surface area contributed by atoms with Gasteiger partial charge < -0.3 is 10.6 Å². The highest BCUT2D eigenvalue weighted by atomic mass is 15.2. The fraction of sp³-hybridized carbons (Fsp3) is 0.308. The van der Waals surface area contributed by atoms with Gasteiger partial charge in [-0.25, -0.2) is 0 Å². The molecule has 4 nitrogen and oxygen atoms in total. The van der Waals surface area contributed by atoms with Crippen molar-refractivity contribution in [3.8, 4) is 11.3 Å². The molecule has 0 spiro atoms. The van der Waals surface area contributed by atoms with E-state index in [9.17, 15) is 0 Å². The van der Waals surface area contributed by atoms with Gasteiger partial charge in [0.2, 0.25) is 0 Å². The summed E-state index contributed by atoms with van der Waals surface area (Å²) in [6, 6.07) is 10.2. The summed E-state index contributed by atoms with van der Waals surface area (Å²) in [6.45, 7) is 6.28. The molecular weight excluding hydrogens is 212 g/mol. The van der Waals surface area contributed by atoms with Crippen molar-refractivity contribution in [1.82, 2.24) is 10.2 Å². The molecule has 2 rings (SSSR count). The summed E-state index contributed by atoms with van der Waals surface area (Å²) in [5, 5.41) is 6.94. The number of para-hydroxylation sites is 1. The normalized spacial score (nSPS) is 10.5. The molecule has 1 aromatic heterocycles. The van der Waals surface area contributed by atoms with Crippen molar-refractivity contribution < 1.29 is 0 Å². The van der Waals surface area contributed by atoms with Crippen molar-refractivity contribution in [2.24, 2.45) is 0 Å². The van der Waals surface area contributed by atoms with Crippen LogP contribution >= 0.6 is 0 Å². The largest absolute Gasteiger partial charge is 0.382 e. The van der Waals surface area contributed by atoms with Crippen LogP contribution in [0.1, 0.15) is 13.8 Å². The van der Waals surface area contributed by atoms with Crippen LogP contribution in [0.4, 0.5) is 11.5 Å². The van der Waals surface area contributed by atoms with Crippen LogP contribution < -0.4 is 10.6 Å². The lowest BCUT2D eigenvalue weighted by Crippen LogP contribution is -2.22. The lowest BCUT2D eigenvalue weighted by atomic mass is 10.1. The zero-order valence-electron chi connectivity index (χ0n) is 10.3. The number of aromatic amines is 1. The molecule has 0 amide bonds. The van der Waals surface area contributed by atoms with Crippen LogP contribution in [0.25, 0.3) is 11.3 Å². The van der Waals surface area contributed by atoms with Crippen molar-refractivity contribution >= 4 is 11.5 Å². The summed E-state index contributed by atoms with van der Waals surface area (Å²) >= 11 is 0. The second kappa shape index (κ2) is 4.91. The number of hydrogen-bond acceptors (Lipinski definition) is 3. The standard InChI is InChI=1S/C13H18N4/c1-3-17(4-2)12-8-6-5-7-10(12)11-9-13(14)16-15-11/h5-9H,3-4H2,1-2H3,(H3,14,15,16). The van der Waals surface area contributed by atoms with E-state index in [4.69, 9.17) is 5.73 Å². The van der Waals surface area contributed by atoms with E-state index in [1.807, 2.05) is 12.1 Å². The number of nitrogens with one attached hydrogen (secondary N) is 1. The summed E-state index contributed by atoms with van der Waals surface area (Å²) < 4.78 is 0. The maximum absolute atomic E-state index is 5.65. The minimum absolute atomic E-state index is 0.523. The predicted molar refractivity (Wildman–Crippen MR) is 72.0 cm³/mol. The van der Waals surface area contributed by atoms with Gasteiger partial charge >= 0.3 is 0 Å². The Kier molecular flexibility index (Phi) is 3.32. The van der Waals surface area contributed by atoms with Gasteiger partial charge in [0.05, 0.1) is 5.69 Å². The third-order valence-electron chi connectivity index (χ3n) is 2.90. The average molecular weight is 230 g/mol. The van der Waals surface area contributed by atoms with Crippen LogP contribution in [-0.2, 0) is 0 Å². The first-order chi connectivity index (χ1) is 8.26. The number of nitrogens with two attached hydrogens (primary N) is 1. The number of nitrogen functional groups attached to an aromatic ring is 1. The Bertz CT molecular complexity index is 486. The van der Waals surface area contributed by atoms with Gasteiger partial charge in [0.15, 0.2) is 0 Å². The van der Waals surface area contributed by atoms with Gasteiger partial charge in [-0.1, -0.05) is 18.2 Å². The molecule has 0 saturated carbocycles. The van der Waals surface area contributed by atoms with Gasteiger partial charge in [-0.2, -0.15) is 5.10 Å². The molecule has 3 N–H and O–H groups in total. The fourth-order valence-corrected chi connectivity index (χ4v) is 2.02. The van der Waals surface area contributed by atoms with Crippen molar-refractivity contribution in [1.29, 1.82) is 0 Å². The number of rotatable bonds is 4. The summed E-state index contributed by atoms with van der Waals surface area (Å²) in [5.74, 6) is 0.523. The maximum Gasteiger partial charge on any atom is 0.145 e. The molecule has 0 radical (unpaired) electrons. The third-order valence-corrected chi connectivity index (χ3v) is 2.90. The molecule has 0 bridgehead atoms. The fourth-order valence-electron chi connectivity index (χ4n) is 2.02. The highest BCUT2D eigenvalue weighted by Crippen LogP contribution is 2.29. The van der Waals surface area contributed by atoms with E-state index in [0.717, 1.165) is 24.3 Å².